The van der Waals surface area contributed by atoms with Gasteiger partial charge in [0.25, 0.3) is 5.91 Å². The van der Waals surface area contributed by atoms with Crippen molar-refractivity contribution < 1.29 is 37.8 Å². The van der Waals surface area contributed by atoms with Crippen LogP contribution in [0.5, 0.6) is 5.75 Å². The maximum absolute atomic E-state index is 12.4. The number of carbonyl (C=O) groups excluding carboxylic acids is 2. The van der Waals surface area contributed by atoms with E-state index in [9.17, 15) is 27.9 Å². The Bertz CT molecular complexity index is 1500. The molecule has 1 aliphatic rings. The Balaban J connectivity index is 1.26. The number of alkyl halides is 3. The van der Waals surface area contributed by atoms with Crippen molar-refractivity contribution in [3.05, 3.63) is 101 Å². The van der Waals surface area contributed by atoms with Crippen molar-refractivity contribution in [3.63, 3.8) is 0 Å². The van der Waals surface area contributed by atoms with Crippen molar-refractivity contribution in [1.82, 2.24) is 16.1 Å². The van der Waals surface area contributed by atoms with E-state index in [-0.39, 0.29) is 31.2 Å². The van der Waals surface area contributed by atoms with Gasteiger partial charge >= 0.3 is 6.36 Å². The summed E-state index contributed by atoms with van der Waals surface area (Å²) in [5.41, 5.74) is 5.57. The molecule has 0 spiro atoms. The predicted octanol–water partition coefficient (Wildman–Crippen LogP) is 3.28. The molecule has 0 saturated heterocycles. The van der Waals surface area contributed by atoms with E-state index in [0.717, 1.165) is 16.7 Å². The molecule has 1 heterocycles. The molecule has 1 aliphatic heterocycles. The first-order chi connectivity index (χ1) is 20.1. The second-order valence-electron chi connectivity index (χ2n) is 9.27. The molecule has 42 heavy (non-hydrogen) atoms. The summed E-state index contributed by atoms with van der Waals surface area (Å²) in [6, 6.07) is 18.8. The van der Waals surface area contributed by atoms with E-state index in [1.807, 2.05) is 24.3 Å². The van der Waals surface area contributed by atoms with E-state index >= 15 is 0 Å². The van der Waals surface area contributed by atoms with Crippen LogP contribution < -0.4 is 26.2 Å². The Morgan fingerprint density at radius 2 is 1.67 bits per heavy atom. The van der Waals surface area contributed by atoms with Crippen molar-refractivity contribution in [3.8, 4) is 17.6 Å². The molecular formula is C30H27F3N4O5. The Kier molecular flexibility index (Phi) is 9.82. The van der Waals surface area contributed by atoms with Crippen LogP contribution in [-0.2, 0) is 16.1 Å². The number of nitrogens with one attached hydrogen (secondary N) is 4. The molecule has 2 atom stereocenters. The van der Waals surface area contributed by atoms with Gasteiger partial charge in [-0.2, -0.15) is 0 Å². The minimum Gasteiger partial charge on any atom is -0.406 e. The van der Waals surface area contributed by atoms with Crippen LogP contribution in [0.3, 0.4) is 0 Å². The molecule has 0 radical (unpaired) electrons. The third-order valence-corrected chi connectivity index (χ3v) is 6.11. The zero-order chi connectivity index (χ0) is 30.1. The highest BCUT2D eigenvalue weighted by atomic mass is 19.4. The van der Waals surface area contributed by atoms with Crippen molar-refractivity contribution in [1.29, 1.82) is 0 Å². The fourth-order valence-electron chi connectivity index (χ4n) is 4.10. The van der Waals surface area contributed by atoms with Crippen LogP contribution in [0.25, 0.3) is 5.70 Å². The number of halogens is 3. The zero-order valence-electron chi connectivity index (χ0n) is 22.0. The molecule has 3 aromatic rings. The molecule has 0 fully saturated rings. The van der Waals surface area contributed by atoms with Crippen molar-refractivity contribution in [2.24, 2.45) is 0 Å². The molecule has 6 N–H and O–H groups in total. The van der Waals surface area contributed by atoms with Crippen LogP contribution >= 0.6 is 0 Å². The van der Waals surface area contributed by atoms with Gasteiger partial charge in [0.15, 0.2) is 0 Å². The van der Waals surface area contributed by atoms with Gasteiger partial charge in [-0.25, -0.2) is 5.48 Å². The van der Waals surface area contributed by atoms with Crippen molar-refractivity contribution >= 4 is 23.2 Å². The molecule has 4 rings (SSSR count). The number of aliphatic hydroxyl groups excluding tert-OH is 1. The summed E-state index contributed by atoms with van der Waals surface area (Å²) < 4.78 is 41.0. The van der Waals surface area contributed by atoms with Crippen molar-refractivity contribution in [2.45, 2.75) is 31.5 Å². The summed E-state index contributed by atoms with van der Waals surface area (Å²) in [7, 11) is 0. The van der Waals surface area contributed by atoms with E-state index in [0.29, 0.717) is 16.9 Å². The van der Waals surface area contributed by atoms with Gasteiger partial charge in [0.1, 0.15) is 11.8 Å². The molecule has 9 nitrogen and oxygen atoms in total. The summed E-state index contributed by atoms with van der Waals surface area (Å²) in [5.74, 6) is 4.74. The van der Waals surface area contributed by atoms with Gasteiger partial charge in [-0.05, 0) is 66.1 Å². The summed E-state index contributed by atoms with van der Waals surface area (Å²) in [6.07, 6.45) is -3.69. The Morgan fingerprint density at radius 1 is 1.00 bits per heavy atom. The van der Waals surface area contributed by atoms with Gasteiger partial charge < -0.3 is 25.8 Å². The first kappa shape index (κ1) is 30.1. The van der Waals surface area contributed by atoms with E-state index in [1.54, 1.807) is 41.9 Å². The molecule has 0 saturated carbocycles. The van der Waals surface area contributed by atoms with Crippen LogP contribution in [0.1, 0.15) is 28.7 Å². The molecule has 3 aromatic carbocycles. The lowest BCUT2D eigenvalue weighted by atomic mass is 9.98. The highest BCUT2D eigenvalue weighted by Gasteiger charge is 2.31. The van der Waals surface area contributed by atoms with Gasteiger partial charge in [0.05, 0.1) is 12.6 Å². The van der Waals surface area contributed by atoms with Gasteiger partial charge in [0.2, 0.25) is 5.91 Å². The highest BCUT2D eigenvalue weighted by molar-refractivity contribution is 5.92. The lowest BCUT2D eigenvalue weighted by Gasteiger charge is -2.28. The molecule has 218 valence electrons. The number of hydrogen-bond acceptors (Lipinski definition) is 7. The van der Waals surface area contributed by atoms with E-state index in [2.05, 4.69) is 32.5 Å². The summed E-state index contributed by atoms with van der Waals surface area (Å²) in [5, 5.41) is 27.4. The number of anilines is 1. The van der Waals surface area contributed by atoms with Crippen LogP contribution in [-0.4, -0.2) is 47.2 Å². The third-order valence-electron chi connectivity index (χ3n) is 6.11. The number of aliphatic hydroxyl groups is 1. The van der Waals surface area contributed by atoms with Gasteiger partial charge in [-0.3, -0.25) is 14.8 Å². The van der Waals surface area contributed by atoms with Crippen LogP contribution in [0, 0.1) is 11.8 Å². The lowest BCUT2D eigenvalue weighted by molar-refractivity contribution is -0.274. The Hall–Kier alpha value is -4.83. The number of benzene rings is 3. The molecule has 0 aliphatic carbocycles. The average molecular weight is 581 g/mol. The molecule has 0 unspecified atom stereocenters. The highest BCUT2D eigenvalue weighted by Crippen LogP contribution is 2.23. The van der Waals surface area contributed by atoms with E-state index in [4.69, 9.17) is 5.21 Å². The molecule has 0 bridgehead atoms. The fourth-order valence-corrected chi connectivity index (χ4v) is 4.10. The quantitative estimate of drug-likeness (QED) is 0.137. The van der Waals surface area contributed by atoms with Crippen LogP contribution in [0.4, 0.5) is 18.9 Å². The zero-order valence-corrected chi connectivity index (χ0v) is 22.0. The number of rotatable bonds is 8. The van der Waals surface area contributed by atoms with Gasteiger partial charge in [-0.1, -0.05) is 42.2 Å². The fraction of sp³-hybridized carbons (Fsp3) is 0.200. The van der Waals surface area contributed by atoms with Crippen LogP contribution in [0.15, 0.2) is 78.9 Å². The SMILES string of the molecule is O=C(CNCc1cccc(OC(F)(F)F)c1)Nc1ccc(C#Cc2ccc(C3=CC[C@@H](O)[C@@H](C(=O)NO)N3)cc2)cc1. The Labute approximate surface area is 239 Å². The number of hydroxylamine groups is 1. The summed E-state index contributed by atoms with van der Waals surface area (Å²) in [4.78, 5) is 24.0. The number of amides is 2. The molecular weight excluding hydrogens is 553 g/mol. The molecule has 0 aromatic heterocycles. The smallest absolute Gasteiger partial charge is 0.406 e. The molecule has 2 amide bonds. The minimum absolute atomic E-state index is 0.0514. The average Bonchev–Trinajstić information content (AvgIpc) is 2.96. The Morgan fingerprint density at radius 3 is 2.31 bits per heavy atom. The minimum atomic E-state index is -4.77. The number of hydrogen-bond donors (Lipinski definition) is 6. The van der Waals surface area contributed by atoms with Crippen LogP contribution in [0.2, 0.25) is 0 Å². The monoisotopic (exact) mass is 580 g/mol. The molecule has 12 heteroatoms. The first-order valence-corrected chi connectivity index (χ1v) is 12.8. The summed E-state index contributed by atoms with van der Waals surface area (Å²) in [6.45, 7) is 0.126. The lowest BCUT2D eigenvalue weighted by Crippen LogP contribution is -2.51. The number of ether oxygens (including phenoxy) is 1. The maximum Gasteiger partial charge on any atom is 0.573 e. The maximum atomic E-state index is 12.4. The van der Waals surface area contributed by atoms with E-state index < -0.39 is 24.4 Å². The standard InChI is InChI=1S/C30H27F3N4O5/c31-30(32,33)42-24-3-1-2-21(16-24)17-34-18-27(39)35-23-12-8-20(9-13-23)5-4-19-6-10-22(11-7-19)25-14-15-26(38)28(36-25)29(40)37-41/h1-3,6-14,16,26,28,34,36,38,41H,15,17-18H2,(H,35,39)(H,37,40)/t26-,28+/m1/s1. The largest absolute Gasteiger partial charge is 0.573 e. The van der Waals surface area contributed by atoms with Gasteiger partial charge in [0, 0.05) is 29.1 Å². The third kappa shape index (κ3) is 8.84. The normalized spacial score (nSPS) is 16.3. The van der Waals surface area contributed by atoms with Crippen molar-refractivity contribution in [2.75, 3.05) is 11.9 Å². The first-order valence-electron chi connectivity index (χ1n) is 12.8. The second kappa shape index (κ2) is 13.7. The van der Waals surface area contributed by atoms with Gasteiger partial charge in [-0.15, -0.1) is 13.2 Å². The second-order valence-corrected chi connectivity index (χ2v) is 9.27. The summed E-state index contributed by atoms with van der Waals surface area (Å²) >= 11 is 0. The van der Waals surface area contributed by atoms with E-state index in [1.165, 1.54) is 18.2 Å². The topological polar surface area (TPSA) is 132 Å². The number of carbonyl (C=O) groups is 2. The predicted molar refractivity (Wildman–Crippen MR) is 148 cm³/mol.